The van der Waals surface area contributed by atoms with Crippen molar-refractivity contribution in [3.8, 4) is 11.5 Å². The molecule has 2 aliphatic heterocycles. The van der Waals surface area contributed by atoms with Crippen LogP contribution in [0.5, 0.6) is 11.5 Å². The zero-order valence-electron chi connectivity index (χ0n) is 20.2. The number of rotatable bonds is 9. The van der Waals surface area contributed by atoms with Crippen LogP contribution in [-0.4, -0.2) is 79.7 Å². The summed E-state index contributed by atoms with van der Waals surface area (Å²) in [4.78, 5) is 30.2. The molecule has 0 aromatic heterocycles. The second kappa shape index (κ2) is 11.4. The molecule has 2 aliphatic rings. The van der Waals surface area contributed by atoms with E-state index < -0.39 is 17.7 Å². The fraction of sp³-hybridized carbons (Fsp3) is 0.407. The molecule has 2 saturated heterocycles. The van der Waals surface area contributed by atoms with Gasteiger partial charge in [-0.3, -0.25) is 14.5 Å². The van der Waals surface area contributed by atoms with Crippen molar-refractivity contribution in [2.24, 2.45) is 0 Å². The molecule has 0 bridgehead atoms. The van der Waals surface area contributed by atoms with Crippen LogP contribution in [0.1, 0.15) is 30.5 Å². The zero-order chi connectivity index (χ0) is 24.8. The minimum Gasteiger partial charge on any atom is -0.507 e. The Morgan fingerprint density at radius 3 is 2.49 bits per heavy atom. The number of benzene rings is 2. The second-order valence-electron chi connectivity index (χ2n) is 8.53. The van der Waals surface area contributed by atoms with E-state index in [-0.39, 0.29) is 11.3 Å². The van der Waals surface area contributed by atoms with E-state index >= 15 is 0 Å². The third kappa shape index (κ3) is 5.49. The molecule has 186 valence electrons. The topological polar surface area (TPSA) is 88.5 Å². The molecule has 1 atom stereocenters. The molecular formula is C27H32N2O6. The van der Waals surface area contributed by atoms with Gasteiger partial charge < -0.3 is 24.2 Å². The Hall–Kier alpha value is -3.36. The van der Waals surface area contributed by atoms with Crippen molar-refractivity contribution < 1.29 is 28.9 Å². The van der Waals surface area contributed by atoms with Gasteiger partial charge in [-0.05, 0) is 55.3 Å². The van der Waals surface area contributed by atoms with Crippen molar-refractivity contribution in [1.29, 1.82) is 0 Å². The molecule has 8 nitrogen and oxygen atoms in total. The van der Waals surface area contributed by atoms with Crippen LogP contribution in [-0.2, 0) is 14.3 Å². The summed E-state index contributed by atoms with van der Waals surface area (Å²) < 4.78 is 16.3. The third-order valence-electron chi connectivity index (χ3n) is 6.37. The monoisotopic (exact) mass is 480 g/mol. The van der Waals surface area contributed by atoms with E-state index in [0.717, 1.165) is 19.6 Å². The fourth-order valence-corrected chi connectivity index (χ4v) is 4.59. The van der Waals surface area contributed by atoms with Gasteiger partial charge in [0.15, 0.2) is 0 Å². The SMILES string of the molecule is CCOc1ccc(/C(O)=C2\C(=O)C(=O)N(CCCN3CCOCC3)C2c2cccc(OC)c2)cc1. The summed E-state index contributed by atoms with van der Waals surface area (Å²) >= 11 is 0. The molecule has 8 heteroatoms. The molecule has 0 spiro atoms. The summed E-state index contributed by atoms with van der Waals surface area (Å²) in [6.07, 6.45) is 0.705. The molecule has 2 aromatic rings. The molecule has 0 saturated carbocycles. The van der Waals surface area contributed by atoms with Crippen molar-refractivity contribution in [1.82, 2.24) is 9.80 Å². The lowest BCUT2D eigenvalue weighted by atomic mass is 9.95. The van der Waals surface area contributed by atoms with E-state index in [4.69, 9.17) is 14.2 Å². The standard InChI is InChI=1S/C27H32N2O6/c1-3-35-21-10-8-19(9-11-21)25(30)23-24(20-6-4-7-22(18-20)33-2)29(27(32)26(23)31)13-5-12-28-14-16-34-17-15-28/h4,6-11,18,24,30H,3,5,12-17H2,1-2H3/b25-23+. The lowest BCUT2D eigenvalue weighted by Crippen LogP contribution is -2.38. The Balaban J connectivity index is 1.67. The number of nitrogens with zero attached hydrogens (tertiary/aromatic N) is 2. The number of aliphatic hydroxyl groups is 1. The molecule has 2 heterocycles. The first-order valence-corrected chi connectivity index (χ1v) is 12.0. The van der Waals surface area contributed by atoms with Crippen LogP contribution in [0, 0.1) is 0 Å². The maximum absolute atomic E-state index is 13.2. The van der Waals surface area contributed by atoms with Gasteiger partial charge >= 0.3 is 0 Å². The smallest absolute Gasteiger partial charge is 0.295 e. The summed E-state index contributed by atoms with van der Waals surface area (Å²) in [5, 5.41) is 11.2. The highest BCUT2D eigenvalue weighted by molar-refractivity contribution is 6.46. The van der Waals surface area contributed by atoms with E-state index in [1.54, 1.807) is 48.4 Å². The Morgan fingerprint density at radius 1 is 1.06 bits per heavy atom. The van der Waals surface area contributed by atoms with Crippen LogP contribution in [0.3, 0.4) is 0 Å². The minimum absolute atomic E-state index is 0.0822. The van der Waals surface area contributed by atoms with E-state index in [9.17, 15) is 14.7 Å². The summed E-state index contributed by atoms with van der Waals surface area (Å²) in [7, 11) is 1.57. The highest BCUT2D eigenvalue weighted by Gasteiger charge is 2.46. The quantitative estimate of drug-likeness (QED) is 0.335. The number of hydrogen-bond acceptors (Lipinski definition) is 7. The Morgan fingerprint density at radius 2 is 1.80 bits per heavy atom. The van der Waals surface area contributed by atoms with Crippen LogP contribution in [0.2, 0.25) is 0 Å². The molecule has 35 heavy (non-hydrogen) atoms. The van der Waals surface area contributed by atoms with Crippen LogP contribution in [0.25, 0.3) is 5.76 Å². The van der Waals surface area contributed by atoms with Gasteiger partial charge in [0.2, 0.25) is 0 Å². The number of ketones is 1. The second-order valence-corrected chi connectivity index (χ2v) is 8.53. The normalized spacial score (nSPS) is 20.3. The number of ether oxygens (including phenoxy) is 3. The van der Waals surface area contributed by atoms with Crippen LogP contribution in [0.4, 0.5) is 0 Å². The van der Waals surface area contributed by atoms with Crippen molar-refractivity contribution in [2.75, 3.05) is 53.1 Å². The zero-order valence-corrected chi connectivity index (χ0v) is 20.2. The van der Waals surface area contributed by atoms with Gasteiger partial charge in [-0.25, -0.2) is 0 Å². The predicted octanol–water partition coefficient (Wildman–Crippen LogP) is 3.24. The van der Waals surface area contributed by atoms with Crippen molar-refractivity contribution in [2.45, 2.75) is 19.4 Å². The molecule has 1 amide bonds. The minimum atomic E-state index is -0.707. The van der Waals surface area contributed by atoms with E-state index in [1.807, 2.05) is 19.1 Å². The third-order valence-corrected chi connectivity index (χ3v) is 6.37. The Labute approximate surface area is 205 Å². The first-order valence-electron chi connectivity index (χ1n) is 12.0. The molecule has 1 N–H and O–H groups in total. The number of aliphatic hydroxyl groups excluding tert-OH is 1. The lowest BCUT2D eigenvalue weighted by molar-refractivity contribution is -0.140. The summed E-state index contributed by atoms with van der Waals surface area (Å²) in [5.41, 5.74) is 1.24. The molecule has 4 rings (SSSR count). The van der Waals surface area contributed by atoms with Gasteiger partial charge in [0.05, 0.1) is 38.5 Å². The summed E-state index contributed by atoms with van der Waals surface area (Å²) in [5.74, 6) is -0.211. The number of likely N-dealkylation sites (tertiary alicyclic amines) is 1. The largest absolute Gasteiger partial charge is 0.507 e. The summed E-state index contributed by atoms with van der Waals surface area (Å²) in [6.45, 7) is 6.73. The first-order chi connectivity index (χ1) is 17.0. The molecule has 2 fully saturated rings. The Kier molecular flexibility index (Phi) is 8.05. The van der Waals surface area contributed by atoms with E-state index in [2.05, 4.69) is 4.90 Å². The van der Waals surface area contributed by atoms with Gasteiger partial charge in [-0.1, -0.05) is 12.1 Å². The molecule has 0 aliphatic carbocycles. The van der Waals surface area contributed by atoms with Gasteiger partial charge in [0, 0.05) is 31.7 Å². The highest BCUT2D eigenvalue weighted by Crippen LogP contribution is 2.40. The number of methoxy groups -OCH3 is 1. The van der Waals surface area contributed by atoms with Gasteiger partial charge in [0.25, 0.3) is 11.7 Å². The van der Waals surface area contributed by atoms with Gasteiger partial charge in [0.1, 0.15) is 17.3 Å². The molecule has 2 aromatic carbocycles. The lowest BCUT2D eigenvalue weighted by Gasteiger charge is -2.29. The van der Waals surface area contributed by atoms with Crippen molar-refractivity contribution >= 4 is 17.4 Å². The van der Waals surface area contributed by atoms with Crippen LogP contribution >= 0.6 is 0 Å². The highest BCUT2D eigenvalue weighted by atomic mass is 16.5. The number of carbonyl (C=O) groups is 2. The maximum atomic E-state index is 13.2. The first kappa shape index (κ1) is 24.8. The van der Waals surface area contributed by atoms with Crippen molar-refractivity contribution in [3.63, 3.8) is 0 Å². The molecule has 1 unspecified atom stereocenters. The summed E-state index contributed by atoms with van der Waals surface area (Å²) in [6, 6.07) is 13.4. The number of carbonyl (C=O) groups excluding carboxylic acids is 2. The maximum Gasteiger partial charge on any atom is 0.295 e. The van der Waals surface area contributed by atoms with Gasteiger partial charge in [-0.2, -0.15) is 0 Å². The number of amides is 1. The average Bonchev–Trinajstić information content (AvgIpc) is 3.14. The fourth-order valence-electron chi connectivity index (χ4n) is 4.59. The van der Waals surface area contributed by atoms with E-state index in [1.165, 1.54) is 0 Å². The van der Waals surface area contributed by atoms with Crippen LogP contribution < -0.4 is 9.47 Å². The Bertz CT molecular complexity index is 1080. The molecule has 0 radical (unpaired) electrons. The number of Topliss-reactive ketones (excluding diaryl/α,β-unsaturated/α-hetero) is 1. The molecular weight excluding hydrogens is 448 g/mol. The van der Waals surface area contributed by atoms with Crippen LogP contribution in [0.15, 0.2) is 54.1 Å². The number of morpholine rings is 1. The van der Waals surface area contributed by atoms with Gasteiger partial charge in [-0.15, -0.1) is 0 Å². The van der Waals surface area contributed by atoms with E-state index in [0.29, 0.717) is 55.4 Å². The number of hydrogen-bond donors (Lipinski definition) is 1. The predicted molar refractivity (Wildman–Crippen MR) is 131 cm³/mol. The average molecular weight is 481 g/mol. The van der Waals surface area contributed by atoms with Crippen molar-refractivity contribution in [3.05, 3.63) is 65.2 Å².